The van der Waals surface area contributed by atoms with Gasteiger partial charge in [0.25, 0.3) is 0 Å². The molecule has 0 unspecified atom stereocenters. The van der Waals surface area contributed by atoms with Crippen LogP contribution in [0.5, 0.6) is 5.75 Å². The molecule has 1 fully saturated rings. The fourth-order valence-electron chi connectivity index (χ4n) is 3.10. The predicted octanol–water partition coefficient (Wildman–Crippen LogP) is 4.34. The molecular formula is C17H24N2O. The Hall–Kier alpha value is -1.69. The van der Waals surface area contributed by atoms with Gasteiger partial charge in [0.1, 0.15) is 5.75 Å². The molecule has 0 bridgehead atoms. The third-order valence-electron chi connectivity index (χ3n) is 4.23. The van der Waals surface area contributed by atoms with Gasteiger partial charge in [0.05, 0.1) is 24.4 Å². The zero-order chi connectivity index (χ0) is 14.4. The lowest BCUT2D eigenvalue weighted by Gasteiger charge is -2.30. The van der Waals surface area contributed by atoms with Crippen LogP contribution in [0.15, 0.2) is 18.2 Å². The van der Waals surface area contributed by atoms with E-state index in [4.69, 9.17) is 10.00 Å². The van der Waals surface area contributed by atoms with Crippen molar-refractivity contribution in [3.63, 3.8) is 0 Å². The van der Waals surface area contributed by atoms with E-state index in [1.807, 2.05) is 12.1 Å². The predicted molar refractivity (Wildman–Crippen MR) is 82.0 cm³/mol. The molecular weight excluding hydrogens is 248 g/mol. The van der Waals surface area contributed by atoms with Crippen LogP contribution in [-0.4, -0.2) is 13.2 Å². The van der Waals surface area contributed by atoms with Crippen molar-refractivity contribution in [1.29, 1.82) is 5.26 Å². The fraction of sp³-hybridized carbons (Fsp3) is 0.588. The Morgan fingerprint density at radius 1 is 1.30 bits per heavy atom. The smallest absolute Gasteiger partial charge is 0.143 e. The van der Waals surface area contributed by atoms with E-state index in [-0.39, 0.29) is 0 Å². The zero-order valence-electron chi connectivity index (χ0n) is 12.5. The average Bonchev–Trinajstić information content (AvgIpc) is 2.50. The van der Waals surface area contributed by atoms with Gasteiger partial charge in [-0.25, -0.2) is 0 Å². The lowest BCUT2D eigenvalue weighted by Crippen LogP contribution is -2.26. The number of nitrogens with zero attached hydrogens (tertiary/aromatic N) is 1. The van der Waals surface area contributed by atoms with Crippen LogP contribution in [0.25, 0.3) is 0 Å². The number of benzene rings is 1. The van der Waals surface area contributed by atoms with Crippen LogP contribution in [0, 0.1) is 17.2 Å². The third kappa shape index (κ3) is 3.66. The maximum Gasteiger partial charge on any atom is 0.143 e. The average molecular weight is 272 g/mol. The summed E-state index contributed by atoms with van der Waals surface area (Å²) < 4.78 is 5.38. The number of hydrogen-bond acceptors (Lipinski definition) is 3. The third-order valence-corrected chi connectivity index (χ3v) is 4.23. The molecule has 3 heteroatoms. The van der Waals surface area contributed by atoms with Gasteiger partial charge in [0, 0.05) is 12.1 Å². The molecule has 1 aliphatic carbocycles. The molecule has 3 nitrogen and oxygen atoms in total. The highest BCUT2D eigenvalue weighted by Crippen LogP contribution is 2.32. The van der Waals surface area contributed by atoms with Gasteiger partial charge in [0.15, 0.2) is 0 Å². The highest BCUT2D eigenvalue weighted by Gasteiger charge is 2.21. The second-order valence-electron chi connectivity index (χ2n) is 5.68. The Labute approximate surface area is 121 Å². The van der Waals surface area contributed by atoms with Gasteiger partial charge in [-0.05, 0) is 43.7 Å². The summed E-state index contributed by atoms with van der Waals surface area (Å²) in [6.45, 7) is 2.27. The van der Waals surface area contributed by atoms with Gasteiger partial charge in [0.2, 0.25) is 0 Å². The molecule has 0 radical (unpaired) electrons. The summed E-state index contributed by atoms with van der Waals surface area (Å²) in [4.78, 5) is 0. The summed E-state index contributed by atoms with van der Waals surface area (Å²) in [6.07, 6.45) is 7.77. The first-order valence-electron chi connectivity index (χ1n) is 7.61. The van der Waals surface area contributed by atoms with Crippen molar-refractivity contribution in [2.75, 3.05) is 12.4 Å². The quantitative estimate of drug-likeness (QED) is 0.867. The van der Waals surface area contributed by atoms with Crippen LogP contribution < -0.4 is 10.1 Å². The Kier molecular flexibility index (Phi) is 5.29. The molecule has 1 aliphatic rings. The minimum absolute atomic E-state index is 0.532. The zero-order valence-corrected chi connectivity index (χ0v) is 12.5. The van der Waals surface area contributed by atoms with Crippen molar-refractivity contribution >= 4 is 5.69 Å². The minimum atomic E-state index is 0.532. The maximum absolute atomic E-state index is 8.92. The van der Waals surface area contributed by atoms with Gasteiger partial charge < -0.3 is 10.1 Å². The molecule has 1 aromatic carbocycles. The van der Waals surface area contributed by atoms with Crippen LogP contribution in [-0.2, 0) is 0 Å². The number of rotatable bonds is 5. The molecule has 1 saturated carbocycles. The van der Waals surface area contributed by atoms with Gasteiger partial charge >= 0.3 is 0 Å². The molecule has 0 heterocycles. The monoisotopic (exact) mass is 272 g/mol. The molecule has 2 rings (SSSR count). The molecule has 20 heavy (non-hydrogen) atoms. The maximum atomic E-state index is 8.92. The second-order valence-corrected chi connectivity index (χ2v) is 5.68. The summed E-state index contributed by atoms with van der Waals surface area (Å²) in [5, 5.41) is 12.5. The van der Waals surface area contributed by atoms with Crippen molar-refractivity contribution in [3.05, 3.63) is 23.8 Å². The number of nitrogens with one attached hydrogen (secondary N) is 1. The van der Waals surface area contributed by atoms with Crippen molar-refractivity contribution in [1.82, 2.24) is 0 Å². The van der Waals surface area contributed by atoms with Gasteiger partial charge in [-0.1, -0.05) is 19.8 Å². The van der Waals surface area contributed by atoms with Crippen molar-refractivity contribution in [2.24, 2.45) is 5.92 Å². The molecule has 0 amide bonds. The first-order chi connectivity index (χ1) is 9.76. The SMILES string of the molecule is CCCC1CCC(Nc2ccc(C#N)cc2OC)CC1. The molecule has 1 aromatic rings. The Morgan fingerprint density at radius 2 is 2.05 bits per heavy atom. The Morgan fingerprint density at radius 3 is 2.65 bits per heavy atom. The molecule has 0 spiro atoms. The van der Waals surface area contributed by atoms with Crippen molar-refractivity contribution in [2.45, 2.75) is 51.5 Å². The molecule has 1 N–H and O–H groups in total. The van der Waals surface area contributed by atoms with Crippen molar-refractivity contribution < 1.29 is 4.74 Å². The molecule has 0 saturated heterocycles. The Bertz CT molecular complexity index is 470. The number of ether oxygens (including phenoxy) is 1. The second kappa shape index (κ2) is 7.19. The van der Waals surface area contributed by atoms with Gasteiger partial charge in [-0.15, -0.1) is 0 Å². The van der Waals surface area contributed by atoms with E-state index in [9.17, 15) is 0 Å². The minimum Gasteiger partial charge on any atom is -0.495 e. The van der Waals surface area contributed by atoms with E-state index < -0.39 is 0 Å². The Balaban J connectivity index is 1.96. The van der Waals surface area contributed by atoms with Crippen LogP contribution in [0.3, 0.4) is 0 Å². The summed E-state index contributed by atoms with van der Waals surface area (Å²) in [6, 6.07) is 8.27. The molecule has 0 atom stereocenters. The van der Waals surface area contributed by atoms with E-state index in [0.29, 0.717) is 11.6 Å². The number of anilines is 1. The van der Waals surface area contributed by atoms with Crippen LogP contribution in [0.1, 0.15) is 51.0 Å². The summed E-state index contributed by atoms with van der Waals surface area (Å²) in [5.74, 6) is 1.68. The van der Waals surface area contributed by atoms with Gasteiger partial charge in [-0.3, -0.25) is 0 Å². The highest BCUT2D eigenvalue weighted by molar-refractivity contribution is 5.59. The number of methoxy groups -OCH3 is 1. The molecule has 0 aromatic heterocycles. The van der Waals surface area contributed by atoms with E-state index in [0.717, 1.165) is 17.4 Å². The first kappa shape index (κ1) is 14.7. The first-order valence-corrected chi connectivity index (χ1v) is 7.61. The highest BCUT2D eigenvalue weighted by atomic mass is 16.5. The van der Waals surface area contributed by atoms with Crippen LogP contribution in [0.2, 0.25) is 0 Å². The fourth-order valence-corrected chi connectivity index (χ4v) is 3.10. The van der Waals surface area contributed by atoms with Crippen LogP contribution >= 0.6 is 0 Å². The van der Waals surface area contributed by atoms with E-state index in [1.165, 1.54) is 38.5 Å². The topological polar surface area (TPSA) is 45.0 Å². The molecule has 0 aliphatic heterocycles. The van der Waals surface area contributed by atoms with E-state index in [2.05, 4.69) is 18.3 Å². The summed E-state index contributed by atoms with van der Waals surface area (Å²) >= 11 is 0. The van der Waals surface area contributed by atoms with E-state index >= 15 is 0 Å². The van der Waals surface area contributed by atoms with Crippen LogP contribution in [0.4, 0.5) is 5.69 Å². The number of hydrogen-bond donors (Lipinski definition) is 1. The largest absolute Gasteiger partial charge is 0.495 e. The normalized spacial score (nSPS) is 22.1. The lowest BCUT2D eigenvalue weighted by molar-refractivity contribution is 0.318. The number of nitriles is 1. The van der Waals surface area contributed by atoms with Crippen molar-refractivity contribution in [3.8, 4) is 11.8 Å². The summed E-state index contributed by atoms with van der Waals surface area (Å²) in [7, 11) is 1.65. The van der Waals surface area contributed by atoms with E-state index in [1.54, 1.807) is 13.2 Å². The molecule has 108 valence electrons. The standard InChI is InChI=1S/C17H24N2O/c1-3-4-13-5-8-15(9-6-13)19-16-10-7-14(12-18)11-17(16)20-2/h7,10-11,13,15,19H,3-6,8-9H2,1-2H3. The summed E-state index contributed by atoms with van der Waals surface area (Å²) in [5.41, 5.74) is 1.64. The van der Waals surface area contributed by atoms with Gasteiger partial charge in [-0.2, -0.15) is 5.26 Å². The lowest BCUT2D eigenvalue weighted by atomic mass is 9.83.